The quantitative estimate of drug-likeness (QED) is 0.351. The van der Waals surface area contributed by atoms with Gasteiger partial charge in [-0.05, 0) is 79.7 Å². The maximum atomic E-state index is 11.9. The highest BCUT2D eigenvalue weighted by molar-refractivity contribution is 7.55. The molecule has 0 atom stereocenters. The van der Waals surface area contributed by atoms with Crippen molar-refractivity contribution in [1.82, 2.24) is 0 Å². The van der Waals surface area contributed by atoms with Crippen molar-refractivity contribution in [3.05, 3.63) is 57.6 Å². The van der Waals surface area contributed by atoms with E-state index in [4.69, 9.17) is 0 Å². The molecule has 2 heterocycles. The standard InChI is InChI=1S/C29H37N2O2P/c1-16-12-18(3)22(19(4)13-16)30-25(32)28(10,11)26(33)31(29(30)24(34-29)27(7,8)9)23-20(5)14-17(2)15-21(23)6/h12-15H,1-11H3/p+2. The molecule has 2 aromatic carbocycles. The molecule has 2 aliphatic rings. The van der Waals surface area contributed by atoms with Gasteiger partial charge in [0.15, 0.2) is 0 Å². The lowest BCUT2D eigenvalue weighted by molar-refractivity contribution is -0.715. The number of nitrogens with zero attached hydrogens (tertiary/aromatic N) is 2. The van der Waals surface area contributed by atoms with Crippen molar-refractivity contribution in [3.63, 3.8) is 0 Å². The Hall–Kier alpha value is -2.45. The molecule has 0 aromatic heterocycles. The van der Waals surface area contributed by atoms with Crippen LogP contribution in [0.15, 0.2) is 24.3 Å². The van der Waals surface area contributed by atoms with Gasteiger partial charge in [0, 0.05) is 27.7 Å². The number of hydrogen-bond acceptors (Lipinski definition) is 0. The van der Waals surface area contributed by atoms with E-state index in [0.29, 0.717) is 0 Å². The van der Waals surface area contributed by atoms with Crippen LogP contribution in [0.4, 0.5) is 11.4 Å². The zero-order valence-corrected chi connectivity index (χ0v) is 23.4. The van der Waals surface area contributed by atoms with E-state index in [9.17, 15) is 10.2 Å². The molecule has 2 N–H and O–H groups in total. The van der Waals surface area contributed by atoms with Gasteiger partial charge < -0.3 is 10.2 Å². The third-order valence-corrected chi connectivity index (χ3v) is 9.05. The van der Waals surface area contributed by atoms with E-state index in [0.717, 1.165) is 41.8 Å². The molecular weight excluding hydrogens is 439 g/mol. The van der Waals surface area contributed by atoms with Crippen LogP contribution < -0.4 is 0 Å². The average molecular weight is 479 g/mol. The SMILES string of the molecule is Cc1cc(C)c([N+]2=C(O)C(C)(C)C(O)=[N+](c3c(C)cc(C)cc3C)C23P=C3C(C)(C)C)c(C)c1. The first kappa shape index (κ1) is 24.7. The molecule has 0 saturated carbocycles. The smallest absolute Gasteiger partial charge is 0.434 e. The predicted octanol–water partition coefficient (Wildman–Crippen LogP) is 7.31. The number of benzene rings is 2. The van der Waals surface area contributed by atoms with Gasteiger partial charge in [0.05, 0.1) is 8.20 Å². The molecule has 34 heavy (non-hydrogen) atoms. The maximum Gasteiger partial charge on any atom is 0.434 e. The summed E-state index contributed by atoms with van der Waals surface area (Å²) >= 11 is 0. The molecule has 0 amide bonds. The highest BCUT2D eigenvalue weighted by Crippen LogP contribution is 2.60. The highest BCUT2D eigenvalue weighted by atomic mass is 31.1. The van der Waals surface area contributed by atoms with Gasteiger partial charge >= 0.3 is 17.2 Å². The first-order valence-electron chi connectivity index (χ1n) is 12.0. The van der Waals surface area contributed by atoms with Gasteiger partial charge in [0.1, 0.15) is 5.29 Å². The average Bonchev–Trinajstić information content (AvgIpc) is 3.41. The van der Waals surface area contributed by atoms with Crippen LogP contribution in [0.1, 0.15) is 68.0 Å². The summed E-state index contributed by atoms with van der Waals surface area (Å²) in [5, 5.41) is 24.3. The second-order valence-corrected chi connectivity index (χ2v) is 13.1. The van der Waals surface area contributed by atoms with Gasteiger partial charge in [-0.15, -0.1) is 0 Å². The first-order chi connectivity index (χ1) is 15.5. The lowest BCUT2D eigenvalue weighted by Crippen LogP contribution is -2.58. The van der Waals surface area contributed by atoms with Gasteiger partial charge in [-0.3, -0.25) is 0 Å². The van der Waals surface area contributed by atoms with Crippen molar-refractivity contribution >= 4 is 36.7 Å². The predicted molar refractivity (Wildman–Crippen MR) is 144 cm³/mol. The molecule has 4 nitrogen and oxygen atoms in total. The van der Waals surface area contributed by atoms with E-state index in [2.05, 4.69) is 95.7 Å². The molecule has 180 valence electrons. The highest BCUT2D eigenvalue weighted by Gasteiger charge is 2.78. The Balaban J connectivity index is 2.16. The summed E-state index contributed by atoms with van der Waals surface area (Å²) in [6.45, 7) is 23.1. The first-order valence-corrected chi connectivity index (χ1v) is 12.9. The molecule has 1 spiro atoms. The van der Waals surface area contributed by atoms with Crippen LogP contribution in [0, 0.1) is 52.4 Å². The van der Waals surface area contributed by atoms with E-state index >= 15 is 0 Å². The van der Waals surface area contributed by atoms with Crippen LogP contribution in [0.2, 0.25) is 0 Å². The summed E-state index contributed by atoms with van der Waals surface area (Å²) in [6, 6.07) is 8.71. The van der Waals surface area contributed by atoms with Crippen LogP contribution in [0.25, 0.3) is 0 Å². The van der Waals surface area contributed by atoms with Crippen molar-refractivity contribution < 1.29 is 19.4 Å². The van der Waals surface area contributed by atoms with Crippen molar-refractivity contribution in [1.29, 1.82) is 0 Å². The maximum absolute atomic E-state index is 11.9. The molecule has 0 aliphatic carbocycles. The van der Waals surface area contributed by atoms with E-state index in [-0.39, 0.29) is 17.2 Å². The molecule has 0 bridgehead atoms. The van der Waals surface area contributed by atoms with Crippen LogP contribution in [-0.2, 0) is 0 Å². The van der Waals surface area contributed by atoms with E-state index in [1.54, 1.807) is 0 Å². The number of aliphatic hydroxyl groups is 2. The fraction of sp³-hybridized carbons (Fsp3) is 0.483. The molecule has 4 rings (SSSR count). The lowest BCUT2D eigenvalue weighted by atomic mass is 9.85. The van der Waals surface area contributed by atoms with E-state index in [1.165, 1.54) is 16.4 Å². The Bertz CT molecular complexity index is 1210. The summed E-state index contributed by atoms with van der Waals surface area (Å²) in [6.07, 6.45) is 0. The lowest BCUT2D eigenvalue weighted by Gasteiger charge is -2.30. The van der Waals surface area contributed by atoms with Crippen molar-refractivity contribution in [2.24, 2.45) is 10.8 Å². The minimum atomic E-state index is -0.958. The molecule has 0 unspecified atom stereocenters. The van der Waals surface area contributed by atoms with Crippen LogP contribution in [-0.4, -0.2) is 41.9 Å². The molecule has 0 fully saturated rings. The number of rotatable bonds is 2. The van der Waals surface area contributed by atoms with Crippen molar-refractivity contribution in [3.8, 4) is 0 Å². The second kappa shape index (κ2) is 7.52. The number of aliphatic hydroxyl groups excluding tert-OH is 2. The normalized spacial score (nSPS) is 19.6. The summed E-state index contributed by atoms with van der Waals surface area (Å²) in [5.74, 6) is 0.371. The van der Waals surface area contributed by atoms with Gasteiger partial charge in [-0.1, -0.05) is 41.0 Å². The molecule has 5 heteroatoms. The monoisotopic (exact) mass is 478 g/mol. The number of aryl methyl sites for hydroxylation is 6. The Kier molecular flexibility index (Phi) is 5.46. The Morgan fingerprint density at radius 1 is 0.676 bits per heavy atom. The number of hydrogen-bond donors (Lipinski definition) is 2. The fourth-order valence-corrected chi connectivity index (χ4v) is 7.45. The fourth-order valence-electron chi connectivity index (χ4n) is 5.74. The summed E-state index contributed by atoms with van der Waals surface area (Å²) in [4.78, 5) is 0. The third-order valence-electron chi connectivity index (χ3n) is 7.13. The molecule has 2 aliphatic heterocycles. The van der Waals surface area contributed by atoms with Gasteiger partial charge in [-0.2, -0.15) is 0 Å². The molecular formula is C29H39N2O2P+2. The minimum Gasteiger partial charge on any atom is -0.462 e. The zero-order valence-electron chi connectivity index (χ0n) is 22.5. The van der Waals surface area contributed by atoms with Crippen molar-refractivity contribution in [2.45, 2.75) is 81.6 Å². The van der Waals surface area contributed by atoms with Crippen LogP contribution in [0.3, 0.4) is 0 Å². The largest absolute Gasteiger partial charge is 0.462 e. The Morgan fingerprint density at radius 2 is 1.00 bits per heavy atom. The third kappa shape index (κ3) is 3.37. The Labute approximate surface area is 206 Å². The van der Waals surface area contributed by atoms with E-state index < -0.39 is 10.8 Å². The molecule has 2 aromatic rings. The van der Waals surface area contributed by atoms with Crippen LogP contribution >= 0.6 is 8.20 Å². The topological polar surface area (TPSA) is 46.5 Å². The summed E-state index contributed by atoms with van der Waals surface area (Å²) < 4.78 is 4.25. The molecule has 0 radical (unpaired) electrons. The second-order valence-electron chi connectivity index (χ2n) is 11.8. The Morgan fingerprint density at radius 3 is 1.26 bits per heavy atom. The minimum absolute atomic E-state index is 0.112. The summed E-state index contributed by atoms with van der Waals surface area (Å²) in [5.41, 5.74) is 7.84. The van der Waals surface area contributed by atoms with Crippen LogP contribution in [0.5, 0.6) is 0 Å². The van der Waals surface area contributed by atoms with E-state index in [1.807, 2.05) is 13.8 Å². The molecule has 0 saturated heterocycles. The zero-order chi connectivity index (χ0) is 25.5. The summed E-state index contributed by atoms with van der Waals surface area (Å²) in [7, 11) is 1.09. The van der Waals surface area contributed by atoms with Gasteiger partial charge in [-0.25, -0.2) is 0 Å². The van der Waals surface area contributed by atoms with Crippen molar-refractivity contribution in [2.75, 3.05) is 0 Å². The van der Waals surface area contributed by atoms with Gasteiger partial charge in [0.2, 0.25) is 16.8 Å². The van der Waals surface area contributed by atoms with Gasteiger partial charge in [0.25, 0.3) is 0 Å².